The average Bonchev–Trinajstić information content (AvgIpc) is 1.00. The van der Waals surface area contributed by atoms with Gasteiger partial charge in [0.25, 0.3) is 0 Å². The fraction of sp³-hybridized carbons (Fsp3) is 0. The summed E-state index contributed by atoms with van der Waals surface area (Å²) in [6.07, 6.45) is 0. The molecule has 1 radical (unpaired) electrons. The molecule has 4 nitrogen and oxygen atoms in total. The molecule has 0 aliphatic heterocycles. The number of hydrogen-bond donors (Lipinski definition) is 2. The van der Waals surface area contributed by atoms with Crippen molar-refractivity contribution in [2.45, 2.75) is 0 Å². The van der Waals surface area contributed by atoms with Gasteiger partial charge in [-0.05, 0) is 0 Å². The second kappa shape index (κ2) is 154. The maximum atomic E-state index is 6.00. The van der Waals surface area contributed by atoms with E-state index >= 15 is 0 Å². The van der Waals surface area contributed by atoms with Crippen LogP contribution in [0, 0.1) is 0 Å². The largest absolute Gasteiger partial charge is 2.00 e. The minimum Gasteiger partial charge on any atom is -2.00 e. The summed E-state index contributed by atoms with van der Waals surface area (Å²) in [5, 5.41) is 12.0. The second-order valence-corrected chi connectivity index (χ2v) is 0. The summed E-state index contributed by atoms with van der Waals surface area (Å²) in [5.41, 5.74) is 0. The second-order valence-electron chi connectivity index (χ2n) is 0. The molecule has 0 aromatic heterocycles. The van der Waals surface area contributed by atoms with Crippen molar-refractivity contribution < 1.29 is 58.0 Å². The molecule has 35 valence electrons. The molecule has 2 N–H and O–H groups in total. The zero-order valence-electron chi connectivity index (χ0n) is 2.80. The van der Waals surface area contributed by atoms with Gasteiger partial charge in [0.05, 0.1) is 0 Å². The van der Waals surface area contributed by atoms with Crippen molar-refractivity contribution in [3.63, 3.8) is 0 Å². The molecule has 0 atom stereocenters. The first-order valence-corrected chi connectivity index (χ1v) is 0.200. The normalized spacial score (nSPS) is 1.00. The van der Waals surface area contributed by atoms with Gasteiger partial charge in [-0.2, -0.15) is 0 Å². The summed E-state index contributed by atoms with van der Waals surface area (Å²) in [5.74, 6) is 0. The fourth-order valence-electron chi connectivity index (χ4n) is 0. The van der Waals surface area contributed by atoms with E-state index in [2.05, 4.69) is 0 Å². The first-order valence-electron chi connectivity index (χ1n) is 0.200. The van der Waals surface area contributed by atoms with E-state index in [-0.39, 0.29) is 47.5 Å². The van der Waals surface area contributed by atoms with Gasteiger partial charge >= 0.3 is 36.5 Å². The van der Waals surface area contributed by atoms with E-state index in [1.54, 1.807) is 0 Å². The molecule has 0 rings (SSSR count). The van der Waals surface area contributed by atoms with Crippen LogP contribution in [0.1, 0.15) is 0 Å². The van der Waals surface area contributed by atoms with Crippen molar-refractivity contribution in [3.05, 3.63) is 0 Å². The summed E-state index contributed by atoms with van der Waals surface area (Å²) < 4.78 is 0. The third kappa shape index (κ3) is 81.8. The van der Waals surface area contributed by atoms with Gasteiger partial charge in [-0.15, -0.1) is 0 Å². The molecular weight excluding hydrogens is 184 g/mol. The van der Waals surface area contributed by atoms with E-state index in [0.29, 0.717) is 0 Å². The van der Waals surface area contributed by atoms with Crippen molar-refractivity contribution in [2.24, 2.45) is 0 Å². The van der Waals surface area contributed by atoms with Gasteiger partial charge in [-0.3, -0.25) is 10.5 Å². The number of rotatable bonds is 0. The van der Waals surface area contributed by atoms with E-state index in [1.165, 1.54) is 0 Å². The molecule has 0 aromatic carbocycles. The molecule has 0 bridgehead atoms. The summed E-state index contributed by atoms with van der Waals surface area (Å²) in [6, 6.07) is 0. The van der Waals surface area contributed by atoms with Crippen LogP contribution in [-0.2, 0) is 47.5 Å². The molecule has 0 unspecified atom stereocenters. The average molecular weight is 186 g/mol. The van der Waals surface area contributed by atoms with Crippen LogP contribution in [0.25, 0.3) is 0 Å². The Bertz CT molecular complexity index is 7.51. The van der Waals surface area contributed by atoms with E-state index in [4.69, 9.17) is 10.5 Å². The predicted molar refractivity (Wildman–Crippen MR) is 6.63 cm³/mol. The van der Waals surface area contributed by atoms with Gasteiger partial charge in [0.1, 0.15) is 0 Å². The Kier molecular flexibility index (Phi) is 1630. The standard InChI is InChI=1S/Mn.H2O2.2O.Zn/c;1-2;;;/h;1-2H;;;/q+2;;2*-2;+2. The van der Waals surface area contributed by atoms with Crippen LogP contribution >= 0.6 is 0 Å². The van der Waals surface area contributed by atoms with Gasteiger partial charge in [0, 0.05) is 0 Å². The third-order valence-electron chi connectivity index (χ3n) is 0. The van der Waals surface area contributed by atoms with Gasteiger partial charge < -0.3 is 11.0 Å². The van der Waals surface area contributed by atoms with Crippen LogP contribution in [0.4, 0.5) is 0 Å². The zero-order valence-corrected chi connectivity index (χ0v) is 6.94. The minimum absolute atomic E-state index is 0. The van der Waals surface area contributed by atoms with Gasteiger partial charge in [-0.25, -0.2) is 0 Å². The Morgan fingerprint density at radius 3 is 0.833 bits per heavy atom. The molecule has 6 heteroatoms. The molecule has 0 amide bonds. The molecular formula is H2MnO4Zn. The van der Waals surface area contributed by atoms with Crippen molar-refractivity contribution in [1.29, 1.82) is 0 Å². The summed E-state index contributed by atoms with van der Waals surface area (Å²) in [6.45, 7) is 0. The zero-order chi connectivity index (χ0) is 2.00. The summed E-state index contributed by atoms with van der Waals surface area (Å²) >= 11 is 0. The van der Waals surface area contributed by atoms with Crippen LogP contribution in [0.5, 0.6) is 0 Å². The summed E-state index contributed by atoms with van der Waals surface area (Å²) in [4.78, 5) is 0. The predicted octanol–water partition coefficient (Wildman–Crippen LogP) is -0.225. The maximum Gasteiger partial charge on any atom is 2.00 e. The Morgan fingerprint density at radius 1 is 0.833 bits per heavy atom. The Balaban J connectivity index is -0.000000000833. The van der Waals surface area contributed by atoms with Crippen LogP contribution in [0.2, 0.25) is 0 Å². The Hall–Kier alpha value is 0.983. The Labute approximate surface area is 58.3 Å². The molecule has 0 saturated heterocycles. The first-order chi connectivity index (χ1) is 1.00. The fourth-order valence-corrected chi connectivity index (χ4v) is 0. The molecule has 6 heavy (non-hydrogen) atoms. The molecule has 0 aliphatic rings. The minimum atomic E-state index is 0. The molecule has 0 heterocycles. The first kappa shape index (κ1) is 63.6. The molecule has 0 saturated carbocycles. The molecule has 0 spiro atoms. The van der Waals surface area contributed by atoms with E-state index in [0.717, 1.165) is 0 Å². The molecule has 0 aromatic rings. The Morgan fingerprint density at radius 2 is 0.833 bits per heavy atom. The van der Waals surface area contributed by atoms with Gasteiger partial charge in [-0.1, -0.05) is 0 Å². The molecule has 0 aliphatic carbocycles. The number of hydrogen-bond acceptors (Lipinski definition) is 2. The van der Waals surface area contributed by atoms with Crippen molar-refractivity contribution in [1.82, 2.24) is 0 Å². The van der Waals surface area contributed by atoms with E-state index in [1.807, 2.05) is 0 Å². The van der Waals surface area contributed by atoms with Gasteiger partial charge in [0.2, 0.25) is 0 Å². The van der Waals surface area contributed by atoms with Crippen LogP contribution < -0.4 is 0 Å². The monoisotopic (exact) mass is 185 g/mol. The van der Waals surface area contributed by atoms with Crippen molar-refractivity contribution in [3.8, 4) is 0 Å². The SMILES string of the molecule is OO.[Mn+2].[O-2].[O-2].[Zn+2]. The van der Waals surface area contributed by atoms with Crippen LogP contribution in [-0.4, -0.2) is 10.5 Å². The topological polar surface area (TPSA) is 97.5 Å². The third-order valence-corrected chi connectivity index (χ3v) is 0. The molecule has 0 fully saturated rings. The van der Waals surface area contributed by atoms with Crippen LogP contribution in [0.3, 0.4) is 0 Å². The van der Waals surface area contributed by atoms with Crippen molar-refractivity contribution in [2.75, 3.05) is 0 Å². The van der Waals surface area contributed by atoms with E-state index < -0.39 is 0 Å². The summed E-state index contributed by atoms with van der Waals surface area (Å²) in [7, 11) is 0. The quantitative estimate of drug-likeness (QED) is 0.310. The van der Waals surface area contributed by atoms with Crippen molar-refractivity contribution >= 4 is 0 Å². The van der Waals surface area contributed by atoms with Gasteiger partial charge in [0.15, 0.2) is 0 Å². The van der Waals surface area contributed by atoms with E-state index in [9.17, 15) is 0 Å². The van der Waals surface area contributed by atoms with Crippen LogP contribution in [0.15, 0.2) is 0 Å². The maximum absolute atomic E-state index is 6.00. The smallest absolute Gasteiger partial charge is 2.00 e.